The Balaban J connectivity index is 1.67. The lowest BCUT2D eigenvalue weighted by molar-refractivity contribution is -0.136. The number of benzene rings is 2. The number of amides is 1. The molecule has 1 aliphatic heterocycles. The van der Waals surface area contributed by atoms with Gasteiger partial charge in [0.1, 0.15) is 5.82 Å². The fourth-order valence-corrected chi connectivity index (χ4v) is 4.81. The van der Waals surface area contributed by atoms with Gasteiger partial charge in [0.15, 0.2) is 0 Å². The van der Waals surface area contributed by atoms with E-state index in [0.717, 1.165) is 23.8 Å². The van der Waals surface area contributed by atoms with Crippen LogP contribution in [0.25, 0.3) is 22.0 Å². The molecule has 1 N–H and O–H groups in total. The average molecular weight is 483 g/mol. The third-order valence-electron chi connectivity index (χ3n) is 5.80. The molecule has 1 fully saturated rings. The number of rotatable bonds is 5. The van der Waals surface area contributed by atoms with E-state index < -0.39 is 17.6 Å². The molecule has 174 valence electrons. The van der Waals surface area contributed by atoms with Crippen molar-refractivity contribution in [2.45, 2.75) is 25.6 Å². The number of hydrogen-bond donors (Lipinski definition) is 1. The molecule has 1 saturated heterocycles. The second kappa shape index (κ2) is 9.06. The summed E-state index contributed by atoms with van der Waals surface area (Å²) in [5, 5.41) is 4.91. The van der Waals surface area contributed by atoms with E-state index in [9.17, 15) is 18.0 Å². The largest absolute Gasteiger partial charge is 0.418 e. The molecule has 0 radical (unpaired) electrons. The van der Waals surface area contributed by atoms with Crippen LogP contribution >= 0.6 is 11.3 Å². The standard InChI is InChI=1S/C25H21F3N4OS/c26-25(27,28)20-14-17(16-7-2-1-3-8-16)13-19-21(20)30-22(31-23(19)32-10-4-5-11-32)24(33)29-15-18-9-6-12-34-18/h1-3,6-9,12-14H,4-5,10-11,15H2,(H,29,33). The van der Waals surface area contributed by atoms with Gasteiger partial charge in [-0.05, 0) is 47.5 Å². The Bertz CT molecular complexity index is 1320. The summed E-state index contributed by atoms with van der Waals surface area (Å²) in [6.07, 6.45) is -2.82. The Hall–Kier alpha value is -3.46. The Morgan fingerprint density at radius 2 is 1.76 bits per heavy atom. The molecule has 9 heteroatoms. The molecular weight excluding hydrogens is 461 g/mol. The number of hydrogen-bond acceptors (Lipinski definition) is 5. The Morgan fingerprint density at radius 3 is 2.44 bits per heavy atom. The summed E-state index contributed by atoms with van der Waals surface area (Å²) in [5.74, 6) is -0.494. The molecule has 2 aromatic carbocycles. The van der Waals surface area contributed by atoms with Crippen molar-refractivity contribution in [3.8, 4) is 11.1 Å². The molecule has 0 spiro atoms. The molecule has 5 nitrogen and oxygen atoms in total. The zero-order valence-corrected chi connectivity index (χ0v) is 18.9. The van der Waals surface area contributed by atoms with Crippen molar-refractivity contribution >= 4 is 34.0 Å². The van der Waals surface area contributed by atoms with Crippen LogP contribution < -0.4 is 10.2 Å². The maximum absolute atomic E-state index is 14.2. The van der Waals surface area contributed by atoms with E-state index in [1.54, 1.807) is 30.3 Å². The van der Waals surface area contributed by atoms with Gasteiger partial charge in [-0.2, -0.15) is 13.2 Å². The summed E-state index contributed by atoms with van der Waals surface area (Å²) in [4.78, 5) is 24.4. The van der Waals surface area contributed by atoms with Gasteiger partial charge in [0.05, 0.1) is 17.6 Å². The molecule has 3 heterocycles. The second-order valence-electron chi connectivity index (χ2n) is 8.11. The van der Waals surface area contributed by atoms with E-state index in [1.165, 1.54) is 11.3 Å². The molecule has 0 unspecified atom stereocenters. The van der Waals surface area contributed by atoms with Crippen molar-refractivity contribution in [2.75, 3.05) is 18.0 Å². The van der Waals surface area contributed by atoms with Crippen molar-refractivity contribution < 1.29 is 18.0 Å². The van der Waals surface area contributed by atoms with Crippen molar-refractivity contribution in [1.82, 2.24) is 15.3 Å². The van der Waals surface area contributed by atoms with Gasteiger partial charge in [-0.3, -0.25) is 4.79 Å². The Morgan fingerprint density at radius 1 is 1.00 bits per heavy atom. The third-order valence-corrected chi connectivity index (χ3v) is 6.68. The van der Waals surface area contributed by atoms with Crippen LogP contribution in [0.4, 0.5) is 19.0 Å². The highest BCUT2D eigenvalue weighted by Gasteiger charge is 2.35. The first-order valence-corrected chi connectivity index (χ1v) is 11.8. The molecule has 0 aliphatic carbocycles. The summed E-state index contributed by atoms with van der Waals surface area (Å²) in [6, 6.07) is 15.5. The summed E-state index contributed by atoms with van der Waals surface area (Å²) in [7, 11) is 0. The number of thiophene rings is 1. The van der Waals surface area contributed by atoms with Crippen LogP contribution in [0.2, 0.25) is 0 Å². The quantitative estimate of drug-likeness (QED) is 0.384. The molecule has 34 heavy (non-hydrogen) atoms. The van der Waals surface area contributed by atoms with E-state index in [-0.39, 0.29) is 17.9 Å². The number of alkyl halides is 3. The Kier molecular flexibility index (Phi) is 5.95. The molecule has 5 rings (SSSR count). The first-order valence-electron chi connectivity index (χ1n) is 10.9. The lowest BCUT2D eigenvalue weighted by atomic mass is 9.99. The fraction of sp³-hybridized carbons (Fsp3) is 0.240. The van der Waals surface area contributed by atoms with Gasteiger partial charge < -0.3 is 10.2 Å². The smallest absolute Gasteiger partial charge is 0.356 e. The van der Waals surface area contributed by atoms with Crippen molar-refractivity contribution in [2.24, 2.45) is 0 Å². The normalized spacial score (nSPS) is 14.0. The van der Waals surface area contributed by atoms with Gasteiger partial charge in [-0.25, -0.2) is 9.97 Å². The molecule has 0 bridgehead atoms. The van der Waals surface area contributed by atoms with Crippen molar-refractivity contribution in [3.63, 3.8) is 0 Å². The first kappa shape index (κ1) is 22.3. The maximum atomic E-state index is 14.2. The SMILES string of the molecule is O=C(NCc1cccs1)c1nc(N2CCCC2)c2cc(-c3ccccc3)cc(C(F)(F)F)c2n1. The van der Waals surface area contributed by atoms with E-state index in [2.05, 4.69) is 15.3 Å². The van der Waals surface area contributed by atoms with Gasteiger partial charge in [0.25, 0.3) is 5.91 Å². The average Bonchev–Trinajstić information content (AvgIpc) is 3.55. The minimum Gasteiger partial charge on any atom is -0.356 e. The van der Waals surface area contributed by atoms with Crippen molar-refractivity contribution in [1.29, 1.82) is 0 Å². The number of halogens is 3. The van der Waals surface area contributed by atoms with Crippen LogP contribution in [0, 0.1) is 0 Å². The maximum Gasteiger partial charge on any atom is 0.418 e. The van der Waals surface area contributed by atoms with Gasteiger partial charge in [-0.1, -0.05) is 36.4 Å². The molecule has 2 aromatic heterocycles. The predicted molar refractivity (Wildman–Crippen MR) is 127 cm³/mol. The topological polar surface area (TPSA) is 58.1 Å². The van der Waals surface area contributed by atoms with Crippen LogP contribution in [0.1, 0.15) is 33.9 Å². The molecular formula is C25H21F3N4OS. The highest BCUT2D eigenvalue weighted by molar-refractivity contribution is 7.09. The molecule has 1 aliphatic rings. The highest BCUT2D eigenvalue weighted by atomic mass is 32.1. The van der Waals surface area contributed by atoms with Crippen molar-refractivity contribution in [3.05, 3.63) is 76.2 Å². The number of nitrogens with one attached hydrogen (secondary N) is 1. The van der Waals surface area contributed by atoms with Crippen LogP contribution in [-0.4, -0.2) is 29.0 Å². The number of nitrogens with zero attached hydrogens (tertiary/aromatic N) is 3. The lowest BCUT2D eigenvalue weighted by Gasteiger charge is -2.21. The summed E-state index contributed by atoms with van der Waals surface area (Å²) < 4.78 is 42.6. The van der Waals surface area contributed by atoms with E-state index in [4.69, 9.17) is 0 Å². The van der Waals surface area contributed by atoms with Gasteiger partial charge in [0, 0.05) is 23.4 Å². The van der Waals surface area contributed by atoms with Gasteiger partial charge in [-0.15, -0.1) is 11.3 Å². The number of carbonyl (C=O) groups excluding carboxylic acids is 1. The van der Waals surface area contributed by atoms with Crippen LogP contribution in [0.5, 0.6) is 0 Å². The Labute approximate surface area is 198 Å². The van der Waals surface area contributed by atoms with Gasteiger partial charge in [0.2, 0.25) is 5.82 Å². The number of carbonyl (C=O) groups is 1. The first-order chi connectivity index (χ1) is 16.4. The second-order valence-corrected chi connectivity index (χ2v) is 9.14. The minimum atomic E-state index is -4.65. The zero-order valence-electron chi connectivity index (χ0n) is 18.1. The fourth-order valence-electron chi connectivity index (χ4n) is 4.16. The minimum absolute atomic E-state index is 0.259. The lowest BCUT2D eigenvalue weighted by Crippen LogP contribution is -2.27. The summed E-state index contributed by atoms with van der Waals surface area (Å²) >= 11 is 1.48. The number of fused-ring (bicyclic) bond motifs is 1. The predicted octanol–water partition coefficient (Wildman–Crippen LogP) is 5.91. The monoisotopic (exact) mass is 482 g/mol. The van der Waals surface area contributed by atoms with E-state index >= 15 is 0 Å². The number of aromatic nitrogens is 2. The van der Waals surface area contributed by atoms with Gasteiger partial charge >= 0.3 is 6.18 Å². The molecule has 4 aromatic rings. The summed E-state index contributed by atoms with van der Waals surface area (Å²) in [6.45, 7) is 1.59. The third kappa shape index (κ3) is 4.48. The van der Waals surface area contributed by atoms with E-state index in [1.807, 2.05) is 28.5 Å². The summed E-state index contributed by atoms with van der Waals surface area (Å²) in [5.41, 5.74) is -0.0382. The van der Waals surface area contributed by atoms with E-state index in [0.29, 0.717) is 35.4 Å². The molecule has 1 amide bonds. The molecule has 0 atom stereocenters. The highest BCUT2D eigenvalue weighted by Crippen LogP contribution is 2.40. The van der Waals surface area contributed by atoms with Crippen LogP contribution in [0.3, 0.4) is 0 Å². The zero-order chi connectivity index (χ0) is 23.7. The number of anilines is 1. The molecule has 0 saturated carbocycles. The van der Waals surface area contributed by atoms with Crippen LogP contribution in [-0.2, 0) is 12.7 Å². The van der Waals surface area contributed by atoms with Crippen LogP contribution in [0.15, 0.2) is 60.0 Å².